The summed E-state index contributed by atoms with van der Waals surface area (Å²) in [5.74, 6) is -1.86. The molecule has 2 rings (SSSR count). The first-order valence-corrected chi connectivity index (χ1v) is 10.6. The Bertz CT molecular complexity index is 626. The Morgan fingerprint density at radius 1 is 1.07 bits per heavy atom. The van der Waals surface area contributed by atoms with Gasteiger partial charge in [-0.3, -0.25) is 0 Å². The minimum Gasteiger partial charge on any atom is -0.491 e. The van der Waals surface area contributed by atoms with E-state index in [4.69, 9.17) is 29.3 Å². The van der Waals surface area contributed by atoms with Crippen molar-refractivity contribution in [1.82, 2.24) is 4.90 Å². The molecule has 1 aromatic rings. The van der Waals surface area contributed by atoms with Gasteiger partial charge in [0.2, 0.25) is 0 Å². The molecule has 1 fully saturated rings. The molecule has 1 aromatic carbocycles. The molecule has 1 unspecified atom stereocenters. The van der Waals surface area contributed by atoms with Crippen LogP contribution in [-0.2, 0) is 19.7 Å². The van der Waals surface area contributed by atoms with Crippen molar-refractivity contribution in [3.63, 3.8) is 0 Å². The van der Waals surface area contributed by atoms with Crippen molar-refractivity contribution in [2.24, 2.45) is 5.92 Å². The normalized spacial score (nSPS) is 17.0. The second-order valence-corrected chi connectivity index (χ2v) is 8.75. The molecule has 0 bridgehead atoms. The Kier molecular flexibility index (Phi) is 11.4. The summed E-state index contributed by atoms with van der Waals surface area (Å²) in [6, 6.07) is 8.40. The summed E-state index contributed by atoms with van der Waals surface area (Å²) >= 11 is 0. The number of carbonyl (C=O) groups is 2. The van der Waals surface area contributed by atoms with Crippen LogP contribution in [0.15, 0.2) is 24.3 Å². The van der Waals surface area contributed by atoms with Crippen LogP contribution in [0.3, 0.4) is 0 Å². The molecule has 1 heterocycles. The molecule has 2 N–H and O–H groups in total. The van der Waals surface area contributed by atoms with Crippen LogP contribution < -0.4 is 4.74 Å². The Hall–Kier alpha value is -2.12. The third-order valence-electron chi connectivity index (χ3n) is 4.90. The Morgan fingerprint density at radius 2 is 1.70 bits per heavy atom. The molecule has 1 aliphatic heterocycles. The maximum atomic E-state index is 9.10. The van der Waals surface area contributed by atoms with Gasteiger partial charge in [0.15, 0.2) is 0 Å². The Balaban J connectivity index is 0.000000656. The largest absolute Gasteiger partial charge is 0.491 e. The zero-order chi connectivity index (χ0) is 22.6. The van der Waals surface area contributed by atoms with E-state index in [-0.39, 0.29) is 5.41 Å². The molecule has 1 atom stereocenters. The molecular formula is C23H37NO6. The summed E-state index contributed by atoms with van der Waals surface area (Å²) in [7, 11) is 0. The summed E-state index contributed by atoms with van der Waals surface area (Å²) in [4.78, 5) is 20.8. The van der Waals surface area contributed by atoms with E-state index in [1.54, 1.807) is 0 Å². The molecule has 0 spiro atoms. The third kappa shape index (κ3) is 11.2. The number of benzene rings is 1. The molecule has 0 amide bonds. The summed E-state index contributed by atoms with van der Waals surface area (Å²) in [6.07, 6.45) is 3.86. The summed E-state index contributed by atoms with van der Waals surface area (Å²) in [5, 5.41) is 14.8. The fraction of sp³-hybridized carbons (Fsp3) is 0.652. The lowest BCUT2D eigenvalue weighted by Gasteiger charge is -2.30. The topological polar surface area (TPSA) is 96.3 Å². The molecule has 0 aromatic heterocycles. The van der Waals surface area contributed by atoms with Crippen LogP contribution in [0.25, 0.3) is 0 Å². The number of hydrogen-bond donors (Lipinski definition) is 2. The Labute approximate surface area is 180 Å². The molecule has 1 saturated heterocycles. The van der Waals surface area contributed by atoms with E-state index in [2.05, 4.69) is 56.9 Å². The van der Waals surface area contributed by atoms with E-state index in [0.717, 1.165) is 24.7 Å². The summed E-state index contributed by atoms with van der Waals surface area (Å²) in [6.45, 7) is 14.8. The van der Waals surface area contributed by atoms with Crippen LogP contribution in [0, 0.1) is 5.92 Å². The van der Waals surface area contributed by atoms with Crippen LogP contribution in [0.5, 0.6) is 5.75 Å². The number of ether oxygens (including phenoxy) is 2. The second kappa shape index (κ2) is 13.2. The average Bonchev–Trinajstić information content (AvgIpc) is 2.67. The van der Waals surface area contributed by atoms with Gasteiger partial charge in [0, 0.05) is 19.7 Å². The maximum Gasteiger partial charge on any atom is 0.414 e. The molecule has 30 heavy (non-hydrogen) atoms. The fourth-order valence-electron chi connectivity index (χ4n) is 3.25. The van der Waals surface area contributed by atoms with Crippen molar-refractivity contribution >= 4 is 11.9 Å². The maximum absolute atomic E-state index is 9.10. The molecule has 170 valence electrons. The number of hydrogen-bond acceptors (Lipinski definition) is 5. The van der Waals surface area contributed by atoms with E-state index in [1.807, 2.05) is 0 Å². The van der Waals surface area contributed by atoms with E-state index < -0.39 is 11.9 Å². The molecule has 0 saturated carbocycles. The van der Waals surface area contributed by atoms with Crippen LogP contribution in [0.2, 0.25) is 0 Å². The fourth-order valence-corrected chi connectivity index (χ4v) is 3.25. The minimum atomic E-state index is -1.82. The van der Waals surface area contributed by atoms with E-state index in [1.165, 1.54) is 38.0 Å². The molecule has 0 aliphatic carbocycles. The third-order valence-corrected chi connectivity index (χ3v) is 4.90. The standard InChI is InChI=1S/C21H35NO2.C2H2O4/c1-18-7-5-12-22(17-18)13-6-14-23-15-16-24-20-10-8-19(9-11-20)21(2,3)4;3-1(4)2(5)6/h8-11,18H,5-7,12-17H2,1-4H3;(H,3,4)(H,5,6). The molecule has 7 nitrogen and oxygen atoms in total. The van der Waals surface area contributed by atoms with Gasteiger partial charge in [-0.15, -0.1) is 0 Å². The monoisotopic (exact) mass is 423 g/mol. The molecule has 7 heteroatoms. The van der Waals surface area contributed by atoms with Crippen molar-refractivity contribution in [2.45, 2.75) is 52.4 Å². The number of carboxylic acid groups (broad SMARTS) is 2. The number of rotatable bonds is 8. The number of aliphatic carboxylic acids is 2. The predicted octanol–water partition coefficient (Wildman–Crippen LogP) is 3.66. The van der Waals surface area contributed by atoms with Gasteiger partial charge < -0.3 is 24.6 Å². The van der Waals surface area contributed by atoms with Gasteiger partial charge in [0.1, 0.15) is 12.4 Å². The van der Waals surface area contributed by atoms with Crippen molar-refractivity contribution in [2.75, 3.05) is 39.5 Å². The lowest BCUT2D eigenvalue weighted by atomic mass is 9.87. The van der Waals surface area contributed by atoms with Crippen molar-refractivity contribution in [1.29, 1.82) is 0 Å². The average molecular weight is 424 g/mol. The number of likely N-dealkylation sites (tertiary alicyclic amines) is 1. The SMILES string of the molecule is CC1CCCN(CCCOCCOc2ccc(C(C)(C)C)cc2)C1.O=C(O)C(=O)O. The van der Waals surface area contributed by atoms with E-state index in [0.29, 0.717) is 13.2 Å². The number of piperidine rings is 1. The highest BCUT2D eigenvalue weighted by atomic mass is 16.5. The quantitative estimate of drug-likeness (QED) is 0.486. The lowest BCUT2D eigenvalue weighted by Crippen LogP contribution is -2.35. The van der Waals surface area contributed by atoms with Gasteiger partial charge in [-0.05, 0) is 54.8 Å². The summed E-state index contributed by atoms with van der Waals surface area (Å²) < 4.78 is 11.4. The molecular weight excluding hydrogens is 386 g/mol. The highest BCUT2D eigenvalue weighted by Gasteiger charge is 2.15. The van der Waals surface area contributed by atoms with Crippen molar-refractivity contribution in [3.05, 3.63) is 29.8 Å². The lowest BCUT2D eigenvalue weighted by molar-refractivity contribution is -0.159. The van der Waals surface area contributed by atoms with Gasteiger partial charge in [-0.2, -0.15) is 0 Å². The van der Waals surface area contributed by atoms with Gasteiger partial charge in [0.25, 0.3) is 0 Å². The zero-order valence-electron chi connectivity index (χ0n) is 18.7. The van der Waals surface area contributed by atoms with E-state index >= 15 is 0 Å². The van der Waals surface area contributed by atoms with Crippen LogP contribution in [0.1, 0.15) is 52.5 Å². The minimum absolute atomic E-state index is 0.188. The highest BCUT2D eigenvalue weighted by molar-refractivity contribution is 6.27. The first kappa shape index (κ1) is 25.9. The van der Waals surface area contributed by atoms with Gasteiger partial charge >= 0.3 is 11.9 Å². The summed E-state index contributed by atoms with van der Waals surface area (Å²) in [5.41, 5.74) is 1.52. The predicted molar refractivity (Wildman–Crippen MR) is 116 cm³/mol. The van der Waals surface area contributed by atoms with Crippen molar-refractivity contribution < 1.29 is 29.3 Å². The van der Waals surface area contributed by atoms with Crippen LogP contribution in [0.4, 0.5) is 0 Å². The van der Waals surface area contributed by atoms with Gasteiger partial charge in [0.05, 0.1) is 6.61 Å². The number of nitrogens with zero attached hydrogens (tertiary/aromatic N) is 1. The second-order valence-electron chi connectivity index (χ2n) is 8.75. The first-order valence-electron chi connectivity index (χ1n) is 10.6. The molecule has 0 radical (unpaired) electrons. The van der Waals surface area contributed by atoms with Crippen LogP contribution >= 0.6 is 0 Å². The zero-order valence-corrected chi connectivity index (χ0v) is 18.7. The van der Waals surface area contributed by atoms with Gasteiger partial charge in [-0.1, -0.05) is 39.8 Å². The molecule has 1 aliphatic rings. The smallest absolute Gasteiger partial charge is 0.414 e. The first-order chi connectivity index (χ1) is 14.1. The Morgan fingerprint density at radius 3 is 2.23 bits per heavy atom. The van der Waals surface area contributed by atoms with Gasteiger partial charge in [-0.25, -0.2) is 9.59 Å². The van der Waals surface area contributed by atoms with Crippen LogP contribution in [-0.4, -0.2) is 66.5 Å². The number of carboxylic acids is 2. The van der Waals surface area contributed by atoms with Crippen molar-refractivity contribution in [3.8, 4) is 5.75 Å². The van der Waals surface area contributed by atoms with E-state index in [9.17, 15) is 0 Å². The highest BCUT2D eigenvalue weighted by Crippen LogP contribution is 2.24.